The number of hydrogen-bond acceptors (Lipinski definition) is 6. The molecule has 0 aliphatic carbocycles. The maximum atomic E-state index is 13.0. The van der Waals surface area contributed by atoms with Crippen LogP contribution < -0.4 is 10.2 Å². The van der Waals surface area contributed by atoms with E-state index in [1.54, 1.807) is 6.08 Å². The van der Waals surface area contributed by atoms with Crippen molar-refractivity contribution in [2.75, 3.05) is 40.9 Å². The highest BCUT2D eigenvalue weighted by Gasteiger charge is 2.23. The number of aliphatic hydroxyl groups excluding tert-OH is 1. The number of phosphoric ester groups is 1. The second-order valence-electron chi connectivity index (χ2n) is 22.0. The molecule has 0 heterocycles. The van der Waals surface area contributed by atoms with Gasteiger partial charge in [-0.15, -0.1) is 0 Å². The molecule has 8 nitrogen and oxygen atoms in total. The Labute approximate surface area is 458 Å². The lowest BCUT2D eigenvalue weighted by Crippen LogP contribution is -2.45. The summed E-state index contributed by atoms with van der Waals surface area (Å²) in [6.07, 6.45) is 78.0. The van der Waals surface area contributed by atoms with Gasteiger partial charge in [-0.1, -0.05) is 279 Å². The number of aliphatic hydroxyl groups is 1. The molecule has 0 aliphatic heterocycles. The predicted octanol–water partition coefficient (Wildman–Crippen LogP) is 18.6. The average molecular weight is 1060 g/mol. The quantitative estimate of drug-likeness (QED) is 0.0272. The highest BCUT2D eigenvalue weighted by Crippen LogP contribution is 2.38. The van der Waals surface area contributed by atoms with Crippen LogP contribution in [0.15, 0.2) is 85.1 Å². The van der Waals surface area contributed by atoms with Crippen molar-refractivity contribution in [1.82, 2.24) is 5.32 Å². The molecule has 3 unspecified atom stereocenters. The number of allylic oxidation sites excluding steroid dienone is 13. The molecule has 0 bridgehead atoms. The molecule has 0 aromatic carbocycles. The Bertz CT molecular complexity index is 1480. The molecule has 74 heavy (non-hydrogen) atoms. The molecule has 9 heteroatoms. The van der Waals surface area contributed by atoms with Gasteiger partial charge in [0.05, 0.1) is 39.9 Å². The molecule has 430 valence electrons. The molecule has 0 radical (unpaired) electrons. The van der Waals surface area contributed by atoms with E-state index in [0.717, 1.165) is 83.5 Å². The van der Waals surface area contributed by atoms with Crippen LogP contribution in [0.2, 0.25) is 0 Å². The van der Waals surface area contributed by atoms with Crippen molar-refractivity contribution in [3.05, 3.63) is 85.1 Å². The number of unbranched alkanes of at least 4 members (excludes halogenated alkanes) is 31. The fraction of sp³-hybridized carbons (Fsp3) is 0.769. The topological polar surface area (TPSA) is 108 Å². The number of carbonyl (C=O) groups excluding carboxylic acids is 1. The van der Waals surface area contributed by atoms with E-state index in [1.165, 1.54) is 167 Å². The Morgan fingerprint density at radius 1 is 0.486 bits per heavy atom. The third kappa shape index (κ3) is 57.4. The first-order valence-corrected chi connectivity index (χ1v) is 32.4. The van der Waals surface area contributed by atoms with Crippen LogP contribution in [0.4, 0.5) is 0 Å². The largest absolute Gasteiger partial charge is 0.756 e. The average Bonchev–Trinajstić information content (AvgIpc) is 3.36. The van der Waals surface area contributed by atoms with Crippen LogP contribution in [-0.2, 0) is 18.4 Å². The molecular formula is C65H119N2O6P. The van der Waals surface area contributed by atoms with Crippen LogP contribution in [0.3, 0.4) is 0 Å². The Kier molecular flexibility index (Phi) is 53.7. The monoisotopic (exact) mass is 1050 g/mol. The number of phosphoric acid groups is 1. The molecule has 0 aromatic heterocycles. The third-order valence-corrected chi connectivity index (χ3v) is 14.6. The summed E-state index contributed by atoms with van der Waals surface area (Å²) in [6.45, 7) is 4.55. The first-order chi connectivity index (χ1) is 36.0. The number of amides is 1. The normalized spacial score (nSPS) is 14.4. The molecule has 0 aliphatic rings. The van der Waals surface area contributed by atoms with Crippen molar-refractivity contribution in [2.45, 2.75) is 283 Å². The molecule has 0 aromatic rings. The van der Waals surface area contributed by atoms with Gasteiger partial charge in [0.25, 0.3) is 7.82 Å². The van der Waals surface area contributed by atoms with Gasteiger partial charge in [0.2, 0.25) is 5.91 Å². The smallest absolute Gasteiger partial charge is 0.268 e. The van der Waals surface area contributed by atoms with E-state index in [9.17, 15) is 19.4 Å². The Morgan fingerprint density at radius 3 is 1.20 bits per heavy atom. The zero-order valence-corrected chi connectivity index (χ0v) is 49.9. The van der Waals surface area contributed by atoms with Gasteiger partial charge in [-0.25, -0.2) is 0 Å². The molecule has 0 rings (SSSR count). The van der Waals surface area contributed by atoms with Gasteiger partial charge in [0, 0.05) is 6.42 Å². The van der Waals surface area contributed by atoms with Crippen LogP contribution >= 0.6 is 7.82 Å². The Morgan fingerprint density at radius 2 is 0.824 bits per heavy atom. The molecule has 1 amide bonds. The lowest BCUT2D eigenvalue weighted by atomic mass is 10.0. The van der Waals surface area contributed by atoms with Gasteiger partial charge < -0.3 is 28.8 Å². The van der Waals surface area contributed by atoms with E-state index in [1.807, 2.05) is 27.2 Å². The minimum atomic E-state index is -4.61. The number of hydrogen-bond donors (Lipinski definition) is 2. The summed E-state index contributed by atoms with van der Waals surface area (Å²) in [6, 6.07) is -0.895. The van der Waals surface area contributed by atoms with E-state index in [2.05, 4.69) is 92.1 Å². The summed E-state index contributed by atoms with van der Waals surface area (Å²) in [4.78, 5) is 25.6. The molecule has 0 spiro atoms. The Hall–Kier alpha value is -2.32. The Balaban J connectivity index is 4.20. The molecular weight excluding hydrogens is 936 g/mol. The van der Waals surface area contributed by atoms with Crippen molar-refractivity contribution in [3.8, 4) is 0 Å². The molecule has 0 saturated carbocycles. The van der Waals surface area contributed by atoms with E-state index >= 15 is 0 Å². The van der Waals surface area contributed by atoms with Gasteiger partial charge in [-0.3, -0.25) is 9.36 Å². The molecule has 0 fully saturated rings. The van der Waals surface area contributed by atoms with Crippen LogP contribution in [0.1, 0.15) is 271 Å². The van der Waals surface area contributed by atoms with Crippen LogP contribution in [0, 0.1) is 0 Å². The summed E-state index contributed by atoms with van der Waals surface area (Å²) in [7, 11) is 1.25. The van der Waals surface area contributed by atoms with Gasteiger partial charge >= 0.3 is 0 Å². The second-order valence-corrected chi connectivity index (χ2v) is 23.4. The maximum absolute atomic E-state index is 13.0. The first kappa shape index (κ1) is 71.7. The fourth-order valence-electron chi connectivity index (χ4n) is 8.81. The van der Waals surface area contributed by atoms with Crippen LogP contribution in [-0.4, -0.2) is 68.5 Å². The first-order valence-electron chi connectivity index (χ1n) is 30.9. The van der Waals surface area contributed by atoms with E-state index in [0.29, 0.717) is 17.4 Å². The van der Waals surface area contributed by atoms with Gasteiger partial charge in [-0.2, -0.15) is 0 Å². The SMILES string of the molecule is CC/C=C\C/C=C\C/C=C\C/C=C\C/C=C\C/C=C\CCCCCCCCCCCCC(=O)NC(COP(=O)([O-])OCC[N+](C)(C)C)C(O)/C=C/CCCCCCCCCCCCCCCCCCCCCCC. The summed E-state index contributed by atoms with van der Waals surface area (Å²) >= 11 is 0. The van der Waals surface area contributed by atoms with Crippen molar-refractivity contribution in [1.29, 1.82) is 0 Å². The molecule has 3 atom stereocenters. The summed E-state index contributed by atoms with van der Waals surface area (Å²) in [5.74, 6) is -0.203. The highest BCUT2D eigenvalue weighted by atomic mass is 31.2. The standard InChI is InChI=1S/C65H119N2O6P/c1-6-8-10-12-14-16-18-20-22-24-26-28-30-31-32-33-34-35-37-39-41-43-45-47-49-51-53-55-57-59-65(69)66-63(62-73-74(70,71)72-61-60-67(3,4)5)64(68)58-56-54-52-50-48-46-44-42-40-38-36-29-27-25-23-21-19-17-15-13-11-9-7-2/h8,10,14,16,20,22,26,28,31-32,34-35,56,58,63-64,68H,6-7,9,11-13,15,17-19,21,23-25,27,29-30,33,36-55,57,59-62H2,1-5H3,(H-,66,69,70,71)/b10-8-,16-14-,22-20-,28-26-,32-31-,35-34-,58-56+. The van der Waals surface area contributed by atoms with E-state index in [4.69, 9.17) is 9.05 Å². The van der Waals surface area contributed by atoms with Gasteiger partial charge in [0.1, 0.15) is 13.2 Å². The minimum absolute atomic E-state index is 0.00496. The van der Waals surface area contributed by atoms with Crippen molar-refractivity contribution < 1.29 is 32.9 Å². The maximum Gasteiger partial charge on any atom is 0.268 e. The molecule has 2 N–H and O–H groups in total. The van der Waals surface area contributed by atoms with Crippen LogP contribution in [0.5, 0.6) is 0 Å². The van der Waals surface area contributed by atoms with Gasteiger partial charge in [0.15, 0.2) is 0 Å². The summed E-state index contributed by atoms with van der Waals surface area (Å²) in [5, 5.41) is 13.9. The lowest BCUT2D eigenvalue weighted by Gasteiger charge is -2.29. The third-order valence-electron chi connectivity index (χ3n) is 13.6. The number of rotatable bonds is 56. The van der Waals surface area contributed by atoms with E-state index < -0.39 is 20.0 Å². The molecule has 0 saturated heterocycles. The number of likely N-dealkylation sites (N-methyl/N-ethyl adjacent to an activating group) is 1. The zero-order valence-electron chi connectivity index (χ0n) is 49.0. The fourth-order valence-corrected chi connectivity index (χ4v) is 9.53. The lowest BCUT2D eigenvalue weighted by molar-refractivity contribution is -0.870. The van der Waals surface area contributed by atoms with Gasteiger partial charge in [-0.05, 0) is 70.6 Å². The number of nitrogens with zero attached hydrogens (tertiary/aromatic N) is 1. The van der Waals surface area contributed by atoms with Crippen LogP contribution in [0.25, 0.3) is 0 Å². The second kappa shape index (κ2) is 55.4. The predicted molar refractivity (Wildman–Crippen MR) is 320 cm³/mol. The summed E-state index contributed by atoms with van der Waals surface area (Å²) in [5.41, 5.74) is 0. The van der Waals surface area contributed by atoms with Crippen molar-refractivity contribution >= 4 is 13.7 Å². The van der Waals surface area contributed by atoms with E-state index in [-0.39, 0.29) is 19.1 Å². The number of carbonyl (C=O) groups is 1. The summed E-state index contributed by atoms with van der Waals surface area (Å²) < 4.78 is 23.4. The minimum Gasteiger partial charge on any atom is -0.756 e. The number of quaternary nitrogens is 1. The zero-order chi connectivity index (χ0) is 54.2. The highest BCUT2D eigenvalue weighted by molar-refractivity contribution is 7.45. The van der Waals surface area contributed by atoms with Crippen molar-refractivity contribution in [2.24, 2.45) is 0 Å². The number of nitrogens with one attached hydrogen (secondary N) is 1. The van der Waals surface area contributed by atoms with Crippen molar-refractivity contribution in [3.63, 3.8) is 0 Å².